The Kier molecular flexibility index (Phi) is 5.07. The molecule has 3 nitrogen and oxygen atoms in total. The van der Waals surface area contributed by atoms with Gasteiger partial charge < -0.3 is 5.32 Å². The first kappa shape index (κ1) is 13.1. The Morgan fingerprint density at radius 2 is 2.12 bits per heavy atom. The monoisotopic (exact) mass is 235 g/mol. The van der Waals surface area contributed by atoms with E-state index >= 15 is 0 Å². The van der Waals surface area contributed by atoms with Crippen molar-refractivity contribution < 1.29 is 14.0 Å². The maximum Gasteiger partial charge on any atom is 0.216 e. The van der Waals surface area contributed by atoms with E-state index < -0.39 is 5.82 Å². The van der Waals surface area contributed by atoms with E-state index in [9.17, 15) is 14.0 Å². The summed E-state index contributed by atoms with van der Waals surface area (Å²) in [7, 11) is 0. The van der Waals surface area contributed by atoms with Gasteiger partial charge in [-0.25, -0.2) is 4.39 Å². The number of nitrogens with one attached hydrogen (secondary N) is 1. The van der Waals surface area contributed by atoms with Gasteiger partial charge in [-0.15, -0.1) is 0 Å². The van der Waals surface area contributed by atoms with Crippen LogP contribution in [0, 0.1) is 5.82 Å². The first-order valence-corrected chi connectivity index (χ1v) is 5.30. The van der Waals surface area contributed by atoms with Crippen molar-refractivity contribution in [1.82, 2.24) is 5.32 Å². The van der Waals surface area contributed by atoms with Crippen molar-refractivity contribution in [2.24, 2.45) is 0 Å². The Balaban J connectivity index is 2.59. The fourth-order valence-corrected chi connectivity index (χ4v) is 1.33. The van der Waals surface area contributed by atoms with E-state index in [1.54, 1.807) is 24.3 Å². The number of aldehydes is 1. The van der Waals surface area contributed by atoms with Crippen LogP contribution in [0.2, 0.25) is 0 Å². The van der Waals surface area contributed by atoms with Gasteiger partial charge in [-0.3, -0.25) is 9.59 Å². The highest BCUT2D eigenvalue weighted by Gasteiger charge is 2.03. The number of benzene rings is 1. The van der Waals surface area contributed by atoms with Crippen LogP contribution in [0.25, 0.3) is 6.08 Å². The van der Waals surface area contributed by atoms with Crippen molar-refractivity contribution in [2.75, 3.05) is 6.54 Å². The fraction of sp³-hybridized carbons (Fsp3) is 0.231. The lowest BCUT2D eigenvalue weighted by Crippen LogP contribution is -2.20. The quantitative estimate of drug-likeness (QED) is 0.628. The summed E-state index contributed by atoms with van der Waals surface area (Å²) in [6.45, 7) is 1.96. The maximum atomic E-state index is 13.6. The van der Waals surface area contributed by atoms with Gasteiger partial charge in [0.05, 0.1) is 5.56 Å². The van der Waals surface area contributed by atoms with Gasteiger partial charge >= 0.3 is 0 Å². The Hall–Kier alpha value is -1.97. The molecule has 0 spiro atoms. The molecule has 1 rings (SSSR count). The molecule has 1 aromatic carbocycles. The molecule has 0 atom stereocenters. The Morgan fingerprint density at radius 1 is 1.41 bits per heavy atom. The third-order valence-electron chi connectivity index (χ3n) is 2.17. The maximum absolute atomic E-state index is 13.6. The minimum Gasteiger partial charge on any atom is -0.356 e. The third-order valence-corrected chi connectivity index (χ3v) is 2.17. The fourth-order valence-electron chi connectivity index (χ4n) is 1.33. The largest absolute Gasteiger partial charge is 0.356 e. The predicted molar refractivity (Wildman–Crippen MR) is 64.1 cm³/mol. The highest BCUT2D eigenvalue weighted by molar-refractivity contribution is 5.77. The van der Waals surface area contributed by atoms with Crippen LogP contribution in [-0.2, 0) is 4.79 Å². The summed E-state index contributed by atoms with van der Waals surface area (Å²) >= 11 is 0. The molecule has 0 aliphatic heterocycles. The number of amides is 1. The second-order valence-electron chi connectivity index (χ2n) is 3.54. The van der Waals surface area contributed by atoms with E-state index in [0.29, 0.717) is 24.8 Å². The summed E-state index contributed by atoms with van der Waals surface area (Å²) < 4.78 is 13.6. The lowest BCUT2D eigenvalue weighted by Gasteiger charge is -2.00. The first-order valence-electron chi connectivity index (χ1n) is 5.30. The molecule has 0 saturated heterocycles. The van der Waals surface area contributed by atoms with Crippen LogP contribution in [-0.4, -0.2) is 18.7 Å². The molecule has 1 N–H and O–H groups in total. The number of carbonyl (C=O) groups is 2. The van der Waals surface area contributed by atoms with Crippen molar-refractivity contribution >= 4 is 18.3 Å². The van der Waals surface area contributed by atoms with Crippen LogP contribution in [0.4, 0.5) is 4.39 Å². The summed E-state index contributed by atoms with van der Waals surface area (Å²) in [6.07, 6.45) is 4.46. The third kappa shape index (κ3) is 4.18. The van der Waals surface area contributed by atoms with Crippen molar-refractivity contribution in [3.8, 4) is 0 Å². The van der Waals surface area contributed by atoms with Crippen LogP contribution in [0.3, 0.4) is 0 Å². The van der Waals surface area contributed by atoms with Crippen LogP contribution in [0.15, 0.2) is 24.3 Å². The highest BCUT2D eigenvalue weighted by atomic mass is 19.1. The zero-order valence-electron chi connectivity index (χ0n) is 9.57. The standard InChI is InChI=1S/C13H14FNO2/c1-10(17)15-8-3-2-5-11-6-4-7-12(9-16)13(11)14/h2,4-7,9H,3,8H2,1H3,(H,15,17). The van der Waals surface area contributed by atoms with Gasteiger partial charge in [0.15, 0.2) is 6.29 Å². The molecular weight excluding hydrogens is 221 g/mol. The average Bonchev–Trinajstić information content (AvgIpc) is 2.30. The topological polar surface area (TPSA) is 46.2 Å². The second-order valence-corrected chi connectivity index (χ2v) is 3.54. The molecule has 0 bridgehead atoms. The molecule has 4 heteroatoms. The molecular formula is C13H14FNO2. The van der Waals surface area contributed by atoms with Crippen molar-refractivity contribution in [2.45, 2.75) is 13.3 Å². The molecule has 1 aromatic rings. The molecule has 90 valence electrons. The van der Waals surface area contributed by atoms with Gasteiger partial charge in [-0.1, -0.05) is 24.3 Å². The van der Waals surface area contributed by atoms with Crippen LogP contribution >= 0.6 is 0 Å². The Bertz CT molecular complexity index is 441. The Morgan fingerprint density at radius 3 is 2.76 bits per heavy atom. The smallest absolute Gasteiger partial charge is 0.216 e. The lowest BCUT2D eigenvalue weighted by atomic mass is 10.1. The highest BCUT2D eigenvalue weighted by Crippen LogP contribution is 2.12. The number of halogens is 1. The molecule has 0 unspecified atom stereocenters. The van der Waals surface area contributed by atoms with Gasteiger partial charge in [0.2, 0.25) is 5.91 Å². The lowest BCUT2D eigenvalue weighted by molar-refractivity contribution is -0.118. The SMILES string of the molecule is CC(=O)NCCC=Cc1cccc(C=O)c1F. The van der Waals surface area contributed by atoms with Crippen LogP contribution in [0.5, 0.6) is 0 Å². The summed E-state index contributed by atoms with van der Waals surface area (Å²) in [6, 6.07) is 4.65. The Labute approximate surface area is 99.3 Å². The summed E-state index contributed by atoms with van der Waals surface area (Å²) in [5, 5.41) is 2.63. The van der Waals surface area contributed by atoms with Crippen molar-refractivity contribution in [3.63, 3.8) is 0 Å². The molecule has 0 aromatic heterocycles. The summed E-state index contributed by atoms with van der Waals surface area (Å²) in [5.41, 5.74) is 0.423. The number of carbonyl (C=O) groups excluding carboxylic acids is 2. The molecule has 0 aliphatic rings. The number of hydrogen-bond acceptors (Lipinski definition) is 2. The molecule has 0 aliphatic carbocycles. The predicted octanol–water partition coefficient (Wildman–Crippen LogP) is 2.18. The summed E-state index contributed by atoms with van der Waals surface area (Å²) in [4.78, 5) is 21.1. The van der Waals surface area contributed by atoms with Crippen molar-refractivity contribution in [3.05, 3.63) is 41.2 Å². The van der Waals surface area contributed by atoms with Gasteiger partial charge in [0.25, 0.3) is 0 Å². The zero-order valence-corrected chi connectivity index (χ0v) is 9.57. The van der Waals surface area contributed by atoms with E-state index in [2.05, 4.69) is 5.32 Å². The van der Waals surface area contributed by atoms with Crippen molar-refractivity contribution in [1.29, 1.82) is 0 Å². The summed E-state index contributed by atoms with van der Waals surface area (Å²) in [5.74, 6) is -0.606. The second kappa shape index (κ2) is 6.58. The molecule has 1 amide bonds. The van der Waals surface area contributed by atoms with E-state index in [1.807, 2.05) is 0 Å². The van der Waals surface area contributed by atoms with Crippen LogP contribution in [0.1, 0.15) is 29.3 Å². The molecule has 0 heterocycles. The van der Waals surface area contributed by atoms with Gasteiger partial charge in [0, 0.05) is 19.0 Å². The molecule has 17 heavy (non-hydrogen) atoms. The van der Waals surface area contributed by atoms with E-state index in [4.69, 9.17) is 0 Å². The normalized spacial score (nSPS) is 10.5. The number of rotatable bonds is 5. The first-order chi connectivity index (χ1) is 8.15. The number of hydrogen-bond donors (Lipinski definition) is 1. The average molecular weight is 235 g/mol. The molecule has 0 radical (unpaired) electrons. The van der Waals surface area contributed by atoms with Gasteiger partial charge in [0.1, 0.15) is 5.82 Å². The van der Waals surface area contributed by atoms with Crippen LogP contribution < -0.4 is 5.32 Å². The van der Waals surface area contributed by atoms with E-state index in [-0.39, 0.29) is 11.5 Å². The van der Waals surface area contributed by atoms with E-state index in [1.165, 1.54) is 13.0 Å². The molecule has 0 fully saturated rings. The molecule has 0 saturated carbocycles. The van der Waals surface area contributed by atoms with Gasteiger partial charge in [-0.05, 0) is 12.5 Å². The zero-order chi connectivity index (χ0) is 12.7. The van der Waals surface area contributed by atoms with E-state index in [0.717, 1.165) is 0 Å². The minimum atomic E-state index is -0.515. The minimum absolute atomic E-state index is 0.0500. The van der Waals surface area contributed by atoms with Gasteiger partial charge in [-0.2, -0.15) is 0 Å².